The second kappa shape index (κ2) is 6.28. The number of benzene rings is 1. The van der Waals surface area contributed by atoms with Crippen LogP contribution in [-0.4, -0.2) is 12.6 Å². The first-order valence-electron chi connectivity index (χ1n) is 7.45. The van der Waals surface area contributed by atoms with Gasteiger partial charge in [-0.1, -0.05) is 37.6 Å². The van der Waals surface area contributed by atoms with Crippen LogP contribution in [0.5, 0.6) is 0 Å². The van der Waals surface area contributed by atoms with E-state index in [1.54, 1.807) is 0 Å². The molecule has 1 fully saturated rings. The molecule has 1 aliphatic carbocycles. The van der Waals surface area contributed by atoms with E-state index in [2.05, 4.69) is 32.2 Å². The van der Waals surface area contributed by atoms with Crippen molar-refractivity contribution in [2.24, 2.45) is 5.41 Å². The van der Waals surface area contributed by atoms with Crippen molar-refractivity contribution in [3.8, 4) is 0 Å². The van der Waals surface area contributed by atoms with Gasteiger partial charge < -0.3 is 5.32 Å². The SMILES string of the molecule is Cc1cccc(Cl)c1CCNC1CCC(C)(C)CC1. The molecule has 0 aromatic heterocycles. The van der Waals surface area contributed by atoms with Gasteiger partial charge in [0.1, 0.15) is 0 Å². The van der Waals surface area contributed by atoms with E-state index in [9.17, 15) is 0 Å². The van der Waals surface area contributed by atoms with Crippen molar-refractivity contribution in [2.75, 3.05) is 6.54 Å². The molecule has 0 amide bonds. The molecule has 0 radical (unpaired) electrons. The minimum absolute atomic E-state index is 0.553. The van der Waals surface area contributed by atoms with Gasteiger partial charge in [-0.25, -0.2) is 0 Å². The Morgan fingerprint density at radius 2 is 1.95 bits per heavy atom. The Balaban J connectivity index is 1.78. The van der Waals surface area contributed by atoms with Crippen LogP contribution in [-0.2, 0) is 6.42 Å². The van der Waals surface area contributed by atoms with Crippen molar-refractivity contribution in [1.82, 2.24) is 5.32 Å². The molecule has 1 saturated carbocycles. The maximum absolute atomic E-state index is 6.26. The van der Waals surface area contributed by atoms with E-state index in [1.165, 1.54) is 36.8 Å². The lowest BCUT2D eigenvalue weighted by Crippen LogP contribution is -2.36. The molecule has 2 heteroatoms. The summed E-state index contributed by atoms with van der Waals surface area (Å²) in [6, 6.07) is 6.87. The van der Waals surface area contributed by atoms with Crippen molar-refractivity contribution in [2.45, 2.75) is 58.9 Å². The predicted molar refractivity (Wildman–Crippen MR) is 83.9 cm³/mol. The molecule has 0 heterocycles. The molecule has 2 rings (SSSR count). The summed E-state index contributed by atoms with van der Waals surface area (Å²) in [4.78, 5) is 0. The minimum atomic E-state index is 0.553. The lowest BCUT2D eigenvalue weighted by Gasteiger charge is -2.34. The van der Waals surface area contributed by atoms with Crippen LogP contribution in [0.15, 0.2) is 18.2 Å². The highest BCUT2D eigenvalue weighted by Crippen LogP contribution is 2.34. The summed E-state index contributed by atoms with van der Waals surface area (Å²) in [5, 5.41) is 4.61. The number of hydrogen-bond donors (Lipinski definition) is 1. The Bertz CT molecular complexity index is 395. The molecule has 19 heavy (non-hydrogen) atoms. The highest BCUT2D eigenvalue weighted by molar-refractivity contribution is 6.31. The number of hydrogen-bond acceptors (Lipinski definition) is 1. The van der Waals surface area contributed by atoms with E-state index in [4.69, 9.17) is 11.6 Å². The smallest absolute Gasteiger partial charge is 0.0441 e. The van der Waals surface area contributed by atoms with E-state index in [0.717, 1.165) is 18.0 Å². The Kier molecular flexibility index (Phi) is 4.92. The molecule has 1 aliphatic rings. The van der Waals surface area contributed by atoms with Crippen molar-refractivity contribution in [3.05, 3.63) is 34.3 Å². The first-order chi connectivity index (χ1) is 8.98. The van der Waals surface area contributed by atoms with Gasteiger partial charge in [0.2, 0.25) is 0 Å². The van der Waals surface area contributed by atoms with Crippen LogP contribution in [0.4, 0.5) is 0 Å². The second-order valence-electron chi connectivity index (χ2n) is 6.68. The topological polar surface area (TPSA) is 12.0 Å². The van der Waals surface area contributed by atoms with Crippen LogP contribution >= 0.6 is 11.6 Å². The van der Waals surface area contributed by atoms with E-state index in [-0.39, 0.29) is 0 Å². The summed E-state index contributed by atoms with van der Waals surface area (Å²) in [6.07, 6.45) is 6.35. The first-order valence-corrected chi connectivity index (χ1v) is 7.83. The lowest BCUT2D eigenvalue weighted by molar-refractivity contribution is 0.207. The summed E-state index contributed by atoms with van der Waals surface area (Å²) in [6.45, 7) is 7.95. The molecule has 0 bridgehead atoms. The largest absolute Gasteiger partial charge is 0.314 e. The molecule has 0 saturated heterocycles. The maximum Gasteiger partial charge on any atom is 0.0441 e. The van der Waals surface area contributed by atoms with E-state index < -0.39 is 0 Å². The fourth-order valence-electron chi connectivity index (χ4n) is 2.99. The molecule has 0 atom stereocenters. The minimum Gasteiger partial charge on any atom is -0.314 e. The molecular weight excluding hydrogens is 254 g/mol. The third-order valence-corrected chi connectivity index (χ3v) is 4.85. The van der Waals surface area contributed by atoms with E-state index >= 15 is 0 Å². The van der Waals surface area contributed by atoms with Crippen molar-refractivity contribution < 1.29 is 0 Å². The van der Waals surface area contributed by atoms with Gasteiger partial charge in [-0.15, -0.1) is 0 Å². The zero-order valence-electron chi connectivity index (χ0n) is 12.4. The van der Waals surface area contributed by atoms with Gasteiger partial charge in [0.15, 0.2) is 0 Å². The summed E-state index contributed by atoms with van der Waals surface area (Å²) in [7, 11) is 0. The standard InChI is InChI=1S/C17H26ClN/c1-13-5-4-6-16(18)15(13)9-12-19-14-7-10-17(2,3)11-8-14/h4-6,14,19H,7-12H2,1-3H3. The third kappa shape index (κ3) is 4.22. The first kappa shape index (κ1) is 14.9. The molecule has 1 N–H and O–H groups in total. The van der Waals surface area contributed by atoms with Crippen LogP contribution in [0.3, 0.4) is 0 Å². The second-order valence-corrected chi connectivity index (χ2v) is 7.09. The average Bonchev–Trinajstić information content (AvgIpc) is 2.35. The third-order valence-electron chi connectivity index (χ3n) is 4.50. The van der Waals surface area contributed by atoms with Gasteiger partial charge in [0.25, 0.3) is 0 Å². The monoisotopic (exact) mass is 279 g/mol. The summed E-state index contributed by atoms with van der Waals surface area (Å²) < 4.78 is 0. The molecule has 0 aliphatic heterocycles. The van der Waals surface area contributed by atoms with Crippen LogP contribution in [0.25, 0.3) is 0 Å². The van der Waals surface area contributed by atoms with E-state index in [0.29, 0.717) is 11.5 Å². The molecule has 0 spiro atoms. The van der Waals surface area contributed by atoms with Crippen LogP contribution in [0.2, 0.25) is 5.02 Å². The van der Waals surface area contributed by atoms with Gasteiger partial charge in [0, 0.05) is 11.1 Å². The van der Waals surface area contributed by atoms with Gasteiger partial charge >= 0.3 is 0 Å². The molecule has 1 nitrogen and oxygen atoms in total. The lowest BCUT2D eigenvalue weighted by atomic mass is 9.75. The van der Waals surface area contributed by atoms with Crippen LogP contribution < -0.4 is 5.32 Å². The highest BCUT2D eigenvalue weighted by atomic mass is 35.5. The molecule has 106 valence electrons. The van der Waals surface area contributed by atoms with Gasteiger partial charge in [-0.05, 0) is 68.2 Å². The number of halogens is 1. The van der Waals surface area contributed by atoms with Crippen molar-refractivity contribution >= 4 is 11.6 Å². The van der Waals surface area contributed by atoms with Gasteiger partial charge in [-0.2, -0.15) is 0 Å². The van der Waals surface area contributed by atoms with Crippen LogP contribution in [0.1, 0.15) is 50.7 Å². The Hall–Kier alpha value is -0.530. The molecular formula is C17H26ClN. The zero-order valence-corrected chi connectivity index (χ0v) is 13.2. The quantitative estimate of drug-likeness (QED) is 0.839. The number of rotatable bonds is 4. The van der Waals surface area contributed by atoms with Crippen molar-refractivity contribution in [1.29, 1.82) is 0 Å². The fraction of sp³-hybridized carbons (Fsp3) is 0.647. The summed E-state index contributed by atoms with van der Waals surface area (Å²) >= 11 is 6.26. The maximum atomic E-state index is 6.26. The zero-order chi connectivity index (χ0) is 13.9. The Morgan fingerprint density at radius 1 is 1.26 bits per heavy atom. The normalized spacial score (nSPS) is 19.6. The van der Waals surface area contributed by atoms with Crippen molar-refractivity contribution in [3.63, 3.8) is 0 Å². The van der Waals surface area contributed by atoms with Crippen LogP contribution in [0, 0.1) is 12.3 Å². The Morgan fingerprint density at radius 3 is 2.58 bits per heavy atom. The fourth-order valence-corrected chi connectivity index (χ4v) is 3.30. The highest BCUT2D eigenvalue weighted by Gasteiger charge is 2.26. The van der Waals surface area contributed by atoms with Gasteiger partial charge in [-0.3, -0.25) is 0 Å². The number of aryl methyl sites for hydroxylation is 1. The van der Waals surface area contributed by atoms with Gasteiger partial charge in [0.05, 0.1) is 0 Å². The summed E-state index contributed by atoms with van der Waals surface area (Å²) in [5.74, 6) is 0. The molecule has 1 aromatic carbocycles. The molecule has 1 aromatic rings. The predicted octanol–water partition coefficient (Wildman–Crippen LogP) is 4.75. The van der Waals surface area contributed by atoms with E-state index in [1.807, 2.05) is 12.1 Å². The molecule has 0 unspecified atom stereocenters. The average molecular weight is 280 g/mol. The Labute approximate surface area is 122 Å². The summed E-state index contributed by atoms with van der Waals surface area (Å²) in [5.41, 5.74) is 3.16. The number of nitrogens with one attached hydrogen (secondary N) is 1.